The van der Waals surface area contributed by atoms with Crippen molar-refractivity contribution in [3.05, 3.63) is 52.3 Å². The largest absolute Gasteiger partial charge is 0.444 e. The molecule has 1 fully saturated rings. The van der Waals surface area contributed by atoms with Crippen molar-refractivity contribution in [3.8, 4) is 6.07 Å². The van der Waals surface area contributed by atoms with E-state index in [1.54, 1.807) is 13.8 Å². The lowest BCUT2D eigenvalue weighted by atomic mass is 10.1. The third-order valence-electron chi connectivity index (χ3n) is 5.39. The zero-order chi connectivity index (χ0) is 21.0. The van der Waals surface area contributed by atoms with E-state index in [0.717, 1.165) is 12.0 Å². The molecule has 0 unspecified atom stereocenters. The van der Waals surface area contributed by atoms with Gasteiger partial charge >= 0.3 is 0 Å². The van der Waals surface area contributed by atoms with E-state index in [-0.39, 0.29) is 24.2 Å². The number of hydrogen-bond acceptors (Lipinski definition) is 5. The Morgan fingerprint density at radius 2 is 1.79 bits per heavy atom. The maximum Gasteiger partial charge on any atom is 0.253 e. The highest BCUT2D eigenvalue weighted by Gasteiger charge is 2.24. The molecule has 2 amide bonds. The number of amides is 2. The van der Waals surface area contributed by atoms with Gasteiger partial charge in [0, 0.05) is 37.3 Å². The molecule has 1 N–H and O–H groups in total. The Balaban J connectivity index is 1.51. The maximum atomic E-state index is 12.7. The molecule has 1 aliphatic rings. The van der Waals surface area contributed by atoms with E-state index in [1.165, 1.54) is 5.56 Å². The van der Waals surface area contributed by atoms with Crippen LogP contribution in [-0.2, 0) is 11.2 Å². The molecule has 0 radical (unpaired) electrons. The summed E-state index contributed by atoms with van der Waals surface area (Å²) in [5, 5.41) is 11.9. The summed E-state index contributed by atoms with van der Waals surface area (Å²) in [5.74, 6) is 0.620. The molecule has 1 aliphatic heterocycles. The predicted octanol–water partition coefficient (Wildman–Crippen LogP) is 2.73. The molecule has 2 aromatic rings. The number of nitriles is 1. The summed E-state index contributed by atoms with van der Waals surface area (Å²) in [6.45, 7) is 8.21. The first-order valence-corrected chi connectivity index (χ1v) is 9.83. The molecule has 0 spiro atoms. The average Bonchev–Trinajstić information content (AvgIpc) is 3.00. The number of nitrogens with one attached hydrogen (secondary N) is 1. The fourth-order valence-electron chi connectivity index (χ4n) is 3.39. The van der Waals surface area contributed by atoms with Crippen LogP contribution < -0.4 is 5.32 Å². The number of piperazine rings is 1. The van der Waals surface area contributed by atoms with Crippen molar-refractivity contribution in [1.82, 2.24) is 9.80 Å². The quantitative estimate of drug-likeness (QED) is 0.842. The van der Waals surface area contributed by atoms with Crippen LogP contribution in [0.1, 0.15) is 39.7 Å². The normalized spacial score (nSPS) is 14.5. The summed E-state index contributed by atoms with van der Waals surface area (Å²) < 4.78 is 5.48. The predicted molar refractivity (Wildman–Crippen MR) is 110 cm³/mol. The van der Waals surface area contributed by atoms with Crippen molar-refractivity contribution in [2.75, 3.05) is 38.0 Å². The summed E-state index contributed by atoms with van der Waals surface area (Å²) in [4.78, 5) is 28.8. The molecule has 7 heteroatoms. The summed E-state index contributed by atoms with van der Waals surface area (Å²) in [6.07, 6.45) is 0.947. The van der Waals surface area contributed by atoms with Crippen molar-refractivity contribution in [2.24, 2.45) is 0 Å². The first-order valence-electron chi connectivity index (χ1n) is 9.83. The van der Waals surface area contributed by atoms with Gasteiger partial charge in [-0.1, -0.05) is 19.1 Å². The zero-order valence-corrected chi connectivity index (χ0v) is 17.1. The molecule has 1 aromatic heterocycles. The topological polar surface area (TPSA) is 89.6 Å². The van der Waals surface area contributed by atoms with Crippen LogP contribution in [0, 0.1) is 25.2 Å². The van der Waals surface area contributed by atoms with Gasteiger partial charge in [0.15, 0.2) is 0 Å². The van der Waals surface area contributed by atoms with Crippen LogP contribution in [0.2, 0.25) is 0 Å². The Bertz CT molecular complexity index is 932. The van der Waals surface area contributed by atoms with E-state index in [4.69, 9.17) is 4.42 Å². The van der Waals surface area contributed by atoms with Crippen LogP contribution in [0.15, 0.2) is 28.7 Å². The summed E-state index contributed by atoms with van der Waals surface area (Å²) >= 11 is 0. The second-order valence-electron chi connectivity index (χ2n) is 7.27. The van der Waals surface area contributed by atoms with E-state index < -0.39 is 0 Å². The fourth-order valence-corrected chi connectivity index (χ4v) is 3.39. The van der Waals surface area contributed by atoms with E-state index in [9.17, 15) is 14.9 Å². The van der Waals surface area contributed by atoms with Crippen molar-refractivity contribution in [2.45, 2.75) is 27.2 Å². The Morgan fingerprint density at radius 1 is 1.14 bits per heavy atom. The van der Waals surface area contributed by atoms with Gasteiger partial charge in [-0.15, -0.1) is 0 Å². The highest BCUT2D eigenvalue weighted by molar-refractivity contribution is 5.94. The van der Waals surface area contributed by atoms with E-state index in [2.05, 4.69) is 18.3 Å². The van der Waals surface area contributed by atoms with Gasteiger partial charge < -0.3 is 9.32 Å². The minimum Gasteiger partial charge on any atom is -0.444 e. The highest BCUT2D eigenvalue weighted by atomic mass is 16.4. The average molecular weight is 394 g/mol. The zero-order valence-electron chi connectivity index (χ0n) is 17.1. The van der Waals surface area contributed by atoms with Crippen LogP contribution >= 0.6 is 0 Å². The van der Waals surface area contributed by atoms with Gasteiger partial charge in [-0.05, 0) is 38.0 Å². The van der Waals surface area contributed by atoms with Crippen LogP contribution in [0.5, 0.6) is 0 Å². The first kappa shape index (κ1) is 20.6. The summed E-state index contributed by atoms with van der Waals surface area (Å²) in [5.41, 5.74) is 3.00. The second-order valence-corrected chi connectivity index (χ2v) is 7.27. The molecule has 7 nitrogen and oxygen atoms in total. The van der Waals surface area contributed by atoms with Gasteiger partial charge in [0.05, 0.1) is 6.54 Å². The van der Waals surface area contributed by atoms with E-state index in [0.29, 0.717) is 43.1 Å². The van der Waals surface area contributed by atoms with Gasteiger partial charge in [-0.25, -0.2) is 0 Å². The van der Waals surface area contributed by atoms with E-state index in [1.807, 2.05) is 34.1 Å². The van der Waals surface area contributed by atoms with Crippen LogP contribution in [0.4, 0.5) is 5.88 Å². The van der Waals surface area contributed by atoms with Gasteiger partial charge in [-0.2, -0.15) is 5.26 Å². The van der Waals surface area contributed by atoms with Gasteiger partial charge in [0.1, 0.15) is 17.4 Å². The van der Waals surface area contributed by atoms with Crippen molar-refractivity contribution >= 4 is 17.7 Å². The molecule has 0 aliphatic carbocycles. The maximum absolute atomic E-state index is 12.7. The van der Waals surface area contributed by atoms with Crippen molar-refractivity contribution in [3.63, 3.8) is 0 Å². The highest BCUT2D eigenvalue weighted by Crippen LogP contribution is 2.25. The second kappa shape index (κ2) is 8.93. The molecule has 29 heavy (non-hydrogen) atoms. The number of carbonyl (C=O) groups is 2. The summed E-state index contributed by atoms with van der Waals surface area (Å²) in [6, 6.07) is 9.80. The minimum atomic E-state index is -0.231. The molecule has 1 saturated heterocycles. The standard InChI is InChI=1S/C22H26N4O3/c1-4-17-5-7-18(8-6-17)22(28)26-11-9-25(10-12-26)14-20(27)24-21-19(13-23)15(2)16(3)29-21/h5-8H,4,9-12,14H2,1-3H3,(H,24,27). The number of aryl methyl sites for hydroxylation is 2. The Labute approximate surface area is 170 Å². The number of benzene rings is 1. The lowest BCUT2D eigenvalue weighted by molar-refractivity contribution is -0.117. The first-order chi connectivity index (χ1) is 13.9. The molecule has 3 rings (SSSR count). The van der Waals surface area contributed by atoms with Gasteiger partial charge in [0.2, 0.25) is 11.8 Å². The fraction of sp³-hybridized carbons (Fsp3) is 0.409. The van der Waals surface area contributed by atoms with Crippen LogP contribution in [0.25, 0.3) is 0 Å². The number of furan rings is 1. The number of rotatable bonds is 5. The molecule has 2 heterocycles. The molecular weight excluding hydrogens is 368 g/mol. The lowest BCUT2D eigenvalue weighted by Gasteiger charge is -2.34. The molecule has 0 saturated carbocycles. The van der Waals surface area contributed by atoms with E-state index >= 15 is 0 Å². The smallest absolute Gasteiger partial charge is 0.253 e. The molecular formula is C22H26N4O3. The Kier molecular flexibility index (Phi) is 6.35. The monoisotopic (exact) mass is 394 g/mol. The lowest BCUT2D eigenvalue weighted by Crippen LogP contribution is -2.50. The van der Waals surface area contributed by atoms with Gasteiger partial charge in [0.25, 0.3) is 5.91 Å². The number of anilines is 1. The number of carbonyl (C=O) groups excluding carboxylic acids is 2. The minimum absolute atomic E-state index is 0.0250. The Morgan fingerprint density at radius 3 is 2.38 bits per heavy atom. The van der Waals surface area contributed by atoms with Crippen molar-refractivity contribution in [1.29, 1.82) is 5.26 Å². The molecule has 0 atom stereocenters. The number of nitrogens with zero attached hydrogens (tertiary/aromatic N) is 3. The molecule has 0 bridgehead atoms. The Hall–Kier alpha value is -3.11. The third-order valence-corrected chi connectivity index (χ3v) is 5.39. The number of hydrogen-bond donors (Lipinski definition) is 1. The molecule has 152 valence electrons. The summed E-state index contributed by atoms with van der Waals surface area (Å²) in [7, 11) is 0. The van der Waals surface area contributed by atoms with Crippen molar-refractivity contribution < 1.29 is 14.0 Å². The third kappa shape index (κ3) is 4.66. The van der Waals surface area contributed by atoms with Crippen LogP contribution in [0.3, 0.4) is 0 Å². The molecule has 1 aromatic carbocycles. The van der Waals surface area contributed by atoms with Crippen LogP contribution in [-0.4, -0.2) is 54.3 Å². The SMILES string of the molecule is CCc1ccc(C(=O)N2CCN(CC(=O)Nc3oc(C)c(C)c3C#N)CC2)cc1. The van der Waals surface area contributed by atoms with Gasteiger partial charge in [-0.3, -0.25) is 19.8 Å².